The van der Waals surface area contributed by atoms with Gasteiger partial charge in [0, 0.05) is 9.75 Å². The van der Waals surface area contributed by atoms with Crippen molar-refractivity contribution in [1.82, 2.24) is 10.2 Å². The van der Waals surface area contributed by atoms with Crippen LogP contribution in [0.4, 0.5) is 4.79 Å². The normalized spacial score (nSPS) is 12.4. The molecule has 1 atom stereocenters. The van der Waals surface area contributed by atoms with Crippen LogP contribution >= 0.6 is 22.7 Å². The minimum atomic E-state index is -0.628. The summed E-state index contributed by atoms with van der Waals surface area (Å²) >= 11 is 3.24. The third-order valence-electron chi connectivity index (χ3n) is 3.90. The van der Waals surface area contributed by atoms with Crippen LogP contribution in [0, 0.1) is 6.92 Å². The number of alkyl carbamates (subject to hydrolysis) is 1. The van der Waals surface area contributed by atoms with Gasteiger partial charge < -0.3 is 15.0 Å². The van der Waals surface area contributed by atoms with Crippen LogP contribution in [0.15, 0.2) is 35.0 Å². The van der Waals surface area contributed by atoms with Crippen LogP contribution in [-0.4, -0.2) is 28.5 Å². The number of carbonyl (C=O) groups is 2. The summed E-state index contributed by atoms with van der Waals surface area (Å²) in [4.78, 5) is 29.7. The lowest BCUT2D eigenvalue weighted by Gasteiger charge is -2.28. The summed E-state index contributed by atoms with van der Waals surface area (Å²) in [5.41, 5.74) is -0.613. The zero-order chi connectivity index (χ0) is 20.6. The lowest BCUT2D eigenvalue weighted by Crippen LogP contribution is -2.49. The molecule has 153 valence electrons. The Balaban J connectivity index is 2.15. The van der Waals surface area contributed by atoms with Gasteiger partial charge >= 0.3 is 6.09 Å². The molecule has 1 radical (unpaired) electrons. The molecular formula is C21H29N2O3S2. The molecule has 2 aromatic rings. The first-order valence-electron chi connectivity index (χ1n) is 9.41. The van der Waals surface area contributed by atoms with Crippen LogP contribution in [-0.2, 0) is 22.6 Å². The molecule has 0 aliphatic heterocycles. The van der Waals surface area contributed by atoms with E-state index in [0.29, 0.717) is 25.9 Å². The Labute approximate surface area is 175 Å². The van der Waals surface area contributed by atoms with Crippen molar-refractivity contribution in [3.63, 3.8) is 0 Å². The van der Waals surface area contributed by atoms with E-state index in [1.165, 1.54) is 0 Å². The fourth-order valence-electron chi connectivity index (χ4n) is 2.67. The van der Waals surface area contributed by atoms with E-state index < -0.39 is 17.7 Å². The summed E-state index contributed by atoms with van der Waals surface area (Å²) in [5, 5.41) is 6.78. The number of ether oxygens (including phenoxy) is 1. The molecule has 2 aromatic heterocycles. The molecule has 0 saturated heterocycles. The number of nitrogens with zero attached hydrogens (tertiary/aromatic N) is 1. The Hall–Kier alpha value is -1.86. The molecule has 2 heterocycles. The van der Waals surface area contributed by atoms with Crippen LogP contribution < -0.4 is 5.32 Å². The number of thiophene rings is 2. The first kappa shape index (κ1) is 22.4. The topological polar surface area (TPSA) is 58.6 Å². The third kappa shape index (κ3) is 7.64. The van der Waals surface area contributed by atoms with Gasteiger partial charge in [-0.2, -0.15) is 0 Å². The SMILES string of the molecule is [CH2]CCC[C@H](NC(=O)OC(C)(C)C)C(=O)N(Cc1cccs1)Cc1cccs1. The largest absolute Gasteiger partial charge is 0.444 e. The van der Waals surface area contributed by atoms with Crippen LogP contribution in [0.25, 0.3) is 0 Å². The summed E-state index contributed by atoms with van der Waals surface area (Å²) in [7, 11) is 0. The van der Waals surface area contributed by atoms with E-state index >= 15 is 0 Å². The van der Waals surface area contributed by atoms with E-state index in [0.717, 1.165) is 16.2 Å². The van der Waals surface area contributed by atoms with Gasteiger partial charge in [0.2, 0.25) is 5.91 Å². The fourth-order valence-corrected chi connectivity index (χ4v) is 4.11. The average molecular weight is 422 g/mol. The number of unbranched alkanes of at least 4 members (excludes halogenated alkanes) is 1. The highest BCUT2D eigenvalue weighted by Crippen LogP contribution is 2.19. The second-order valence-electron chi connectivity index (χ2n) is 7.55. The predicted molar refractivity (Wildman–Crippen MR) is 115 cm³/mol. The van der Waals surface area contributed by atoms with E-state index in [1.807, 2.05) is 39.9 Å². The molecule has 0 aliphatic rings. The van der Waals surface area contributed by atoms with Gasteiger partial charge in [0.1, 0.15) is 11.6 Å². The van der Waals surface area contributed by atoms with E-state index in [9.17, 15) is 9.59 Å². The van der Waals surface area contributed by atoms with Gasteiger partial charge in [0.25, 0.3) is 0 Å². The molecule has 0 spiro atoms. The van der Waals surface area contributed by atoms with Crippen molar-refractivity contribution in [3.05, 3.63) is 51.7 Å². The van der Waals surface area contributed by atoms with Crippen LogP contribution in [0.2, 0.25) is 0 Å². The number of carbonyl (C=O) groups excluding carboxylic acids is 2. The maximum Gasteiger partial charge on any atom is 0.408 e. The van der Waals surface area contributed by atoms with Gasteiger partial charge in [0.05, 0.1) is 13.1 Å². The van der Waals surface area contributed by atoms with Crippen molar-refractivity contribution in [2.45, 2.75) is 64.8 Å². The number of amides is 2. The van der Waals surface area contributed by atoms with Gasteiger partial charge in [0.15, 0.2) is 0 Å². The zero-order valence-electron chi connectivity index (χ0n) is 16.8. The molecular weight excluding hydrogens is 392 g/mol. The number of hydrogen-bond acceptors (Lipinski definition) is 5. The van der Waals surface area contributed by atoms with Crippen LogP contribution in [0.1, 0.15) is 49.8 Å². The molecule has 1 N–H and O–H groups in total. The molecule has 0 fully saturated rings. The zero-order valence-corrected chi connectivity index (χ0v) is 18.4. The smallest absolute Gasteiger partial charge is 0.408 e. The predicted octanol–water partition coefficient (Wildman–Crippen LogP) is 5.24. The second kappa shape index (κ2) is 10.6. The molecule has 2 amide bonds. The minimum absolute atomic E-state index is 0.0962. The lowest BCUT2D eigenvalue weighted by atomic mass is 10.1. The van der Waals surface area contributed by atoms with Gasteiger partial charge in [-0.25, -0.2) is 4.79 Å². The Bertz CT molecular complexity index is 685. The minimum Gasteiger partial charge on any atom is -0.444 e. The molecule has 28 heavy (non-hydrogen) atoms. The second-order valence-corrected chi connectivity index (χ2v) is 9.61. The molecule has 0 aliphatic carbocycles. The van der Waals surface area contributed by atoms with E-state index in [4.69, 9.17) is 4.74 Å². The molecule has 0 bridgehead atoms. The van der Waals surface area contributed by atoms with Crippen molar-refractivity contribution in [2.24, 2.45) is 0 Å². The van der Waals surface area contributed by atoms with E-state index in [1.54, 1.807) is 43.4 Å². The van der Waals surface area contributed by atoms with E-state index in [-0.39, 0.29) is 5.91 Å². The van der Waals surface area contributed by atoms with Crippen LogP contribution in [0.5, 0.6) is 0 Å². The maximum absolute atomic E-state index is 13.3. The summed E-state index contributed by atoms with van der Waals surface area (Å²) < 4.78 is 5.36. The first-order valence-corrected chi connectivity index (χ1v) is 11.2. The van der Waals surface area contributed by atoms with Crippen molar-refractivity contribution in [1.29, 1.82) is 0 Å². The monoisotopic (exact) mass is 421 g/mol. The Morgan fingerprint density at radius 2 is 1.71 bits per heavy atom. The Kier molecular flexibility index (Phi) is 8.51. The van der Waals surface area contributed by atoms with E-state index in [2.05, 4.69) is 12.2 Å². The summed E-state index contributed by atoms with van der Waals surface area (Å²) in [6.45, 7) is 10.3. The first-order chi connectivity index (χ1) is 13.3. The van der Waals surface area contributed by atoms with Gasteiger partial charge in [-0.1, -0.05) is 31.9 Å². The number of hydrogen-bond donors (Lipinski definition) is 1. The highest BCUT2D eigenvalue weighted by atomic mass is 32.1. The summed E-state index contributed by atoms with van der Waals surface area (Å²) in [6.07, 6.45) is 1.42. The molecule has 7 heteroatoms. The van der Waals surface area contributed by atoms with Crippen molar-refractivity contribution in [3.8, 4) is 0 Å². The van der Waals surface area contributed by atoms with Crippen molar-refractivity contribution >= 4 is 34.7 Å². The lowest BCUT2D eigenvalue weighted by molar-refractivity contribution is -0.134. The fraction of sp³-hybridized carbons (Fsp3) is 0.476. The quantitative estimate of drug-likeness (QED) is 0.603. The number of rotatable bonds is 9. The van der Waals surface area contributed by atoms with Crippen molar-refractivity contribution < 1.29 is 14.3 Å². The Morgan fingerprint density at radius 1 is 1.14 bits per heavy atom. The van der Waals surface area contributed by atoms with Crippen LogP contribution in [0.3, 0.4) is 0 Å². The standard InChI is InChI=1S/C21H29N2O3S2/c1-5-6-11-18(22-20(25)26-21(2,3)4)19(24)23(14-16-9-7-12-27-16)15-17-10-8-13-28-17/h7-10,12-13,18H,1,5-6,11,14-15H2,2-4H3,(H,22,25)/t18-/m0/s1. The average Bonchev–Trinajstić information content (AvgIpc) is 3.29. The van der Waals surface area contributed by atoms with Gasteiger partial charge in [-0.15, -0.1) is 22.7 Å². The highest BCUT2D eigenvalue weighted by molar-refractivity contribution is 7.10. The summed E-state index contributed by atoms with van der Waals surface area (Å²) in [5.74, 6) is -0.0962. The maximum atomic E-state index is 13.3. The molecule has 2 rings (SSSR count). The molecule has 0 saturated carbocycles. The molecule has 0 aromatic carbocycles. The Morgan fingerprint density at radius 3 is 2.14 bits per heavy atom. The third-order valence-corrected chi connectivity index (χ3v) is 5.62. The highest BCUT2D eigenvalue weighted by Gasteiger charge is 2.28. The van der Waals surface area contributed by atoms with Gasteiger partial charge in [-0.3, -0.25) is 4.79 Å². The number of nitrogens with one attached hydrogen (secondary N) is 1. The summed E-state index contributed by atoms with van der Waals surface area (Å²) in [6, 6.07) is 7.37. The van der Waals surface area contributed by atoms with Gasteiger partial charge in [-0.05, 0) is 50.1 Å². The molecule has 5 nitrogen and oxygen atoms in total. The van der Waals surface area contributed by atoms with Crippen molar-refractivity contribution in [2.75, 3.05) is 0 Å². The molecule has 0 unspecified atom stereocenters.